The van der Waals surface area contributed by atoms with Crippen molar-refractivity contribution in [2.45, 2.75) is 24.8 Å². The lowest BCUT2D eigenvalue weighted by molar-refractivity contribution is -0.152. The predicted molar refractivity (Wildman–Crippen MR) is 74.3 cm³/mol. The van der Waals surface area contributed by atoms with Crippen LogP contribution in [0.25, 0.3) is 0 Å². The highest BCUT2D eigenvalue weighted by atomic mass is 35.5. The van der Waals surface area contributed by atoms with Crippen molar-refractivity contribution < 1.29 is 19.4 Å². The number of aliphatic carboxylic acids is 1. The van der Waals surface area contributed by atoms with Crippen LogP contribution in [0.4, 0.5) is 0 Å². The van der Waals surface area contributed by atoms with Crippen LogP contribution in [0.2, 0.25) is 10.0 Å². The van der Waals surface area contributed by atoms with Crippen LogP contribution in [0.1, 0.15) is 19.3 Å². The van der Waals surface area contributed by atoms with E-state index in [1.807, 2.05) is 0 Å². The van der Waals surface area contributed by atoms with Crippen molar-refractivity contribution in [3.8, 4) is 5.75 Å². The van der Waals surface area contributed by atoms with Crippen molar-refractivity contribution in [2.75, 3.05) is 6.61 Å². The number of carbonyl (C=O) groups excluding carboxylic acids is 1. The van der Waals surface area contributed by atoms with E-state index >= 15 is 0 Å². The van der Waals surface area contributed by atoms with Crippen LogP contribution < -0.4 is 10.1 Å². The molecule has 0 atom stereocenters. The molecule has 108 valence electrons. The van der Waals surface area contributed by atoms with Gasteiger partial charge in [0, 0.05) is 11.1 Å². The molecule has 0 bridgehead atoms. The van der Waals surface area contributed by atoms with E-state index in [0.29, 0.717) is 22.9 Å². The molecule has 1 saturated carbocycles. The highest BCUT2D eigenvalue weighted by Gasteiger charge is 2.45. The SMILES string of the molecule is O=C(COc1cc(Cl)ccc1Cl)NC1(C(=O)O)CCC1. The van der Waals surface area contributed by atoms with Crippen LogP contribution in [0.5, 0.6) is 5.75 Å². The van der Waals surface area contributed by atoms with Crippen molar-refractivity contribution in [2.24, 2.45) is 0 Å². The monoisotopic (exact) mass is 317 g/mol. The van der Waals surface area contributed by atoms with Gasteiger partial charge in [-0.2, -0.15) is 0 Å². The van der Waals surface area contributed by atoms with Gasteiger partial charge in [0.2, 0.25) is 0 Å². The van der Waals surface area contributed by atoms with E-state index < -0.39 is 17.4 Å². The lowest BCUT2D eigenvalue weighted by Crippen LogP contribution is -2.59. The van der Waals surface area contributed by atoms with Crippen molar-refractivity contribution in [1.82, 2.24) is 5.32 Å². The summed E-state index contributed by atoms with van der Waals surface area (Å²) in [6.07, 6.45) is 1.66. The minimum absolute atomic E-state index is 0.285. The number of carboxylic acid groups (broad SMARTS) is 1. The molecule has 0 heterocycles. The van der Waals surface area contributed by atoms with E-state index in [9.17, 15) is 9.59 Å². The quantitative estimate of drug-likeness (QED) is 0.874. The van der Waals surface area contributed by atoms with E-state index in [4.69, 9.17) is 33.0 Å². The molecule has 0 aromatic heterocycles. The maximum Gasteiger partial charge on any atom is 0.329 e. The normalized spacial score (nSPS) is 16.1. The summed E-state index contributed by atoms with van der Waals surface area (Å²) in [6, 6.07) is 4.65. The smallest absolute Gasteiger partial charge is 0.329 e. The minimum atomic E-state index is -1.14. The van der Waals surface area contributed by atoms with Crippen LogP contribution in [-0.4, -0.2) is 29.1 Å². The maximum absolute atomic E-state index is 11.7. The van der Waals surface area contributed by atoms with Crippen LogP contribution >= 0.6 is 23.2 Å². The predicted octanol–water partition coefficient (Wildman–Crippen LogP) is 2.50. The van der Waals surface area contributed by atoms with Gasteiger partial charge < -0.3 is 15.2 Å². The Bertz CT molecular complexity index is 543. The third-order valence-electron chi connectivity index (χ3n) is 3.25. The Morgan fingerprint density at radius 3 is 2.60 bits per heavy atom. The molecule has 20 heavy (non-hydrogen) atoms. The van der Waals surface area contributed by atoms with E-state index in [1.165, 1.54) is 6.07 Å². The third kappa shape index (κ3) is 3.16. The summed E-state index contributed by atoms with van der Waals surface area (Å²) in [5, 5.41) is 12.4. The standard InChI is InChI=1S/C13H13Cl2NO4/c14-8-2-3-9(15)10(6-8)20-7-11(17)16-13(12(18)19)4-1-5-13/h2-3,6H,1,4-5,7H2,(H,16,17)(H,18,19). The van der Waals surface area contributed by atoms with Crippen LogP contribution in [0.15, 0.2) is 18.2 Å². The molecular formula is C13H13Cl2NO4. The second-order valence-electron chi connectivity index (χ2n) is 4.65. The van der Waals surface area contributed by atoms with Gasteiger partial charge >= 0.3 is 5.97 Å². The Labute approximate surface area is 125 Å². The van der Waals surface area contributed by atoms with E-state index in [0.717, 1.165) is 6.42 Å². The Morgan fingerprint density at radius 1 is 1.35 bits per heavy atom. The number of carboxylic acids is 1. The molecule has 1 aliphatic rings. The van der Waals surface area contributed by atoms with E-state index in [1.54, 1.807) is 12.1 Å². The number of benzene rings is 1. The highest BCUT2D eigenvalue weighted by molar-refractivity contribution is 6.34. The van der Waals surface area contributed by atoms with Crippen molar-refractivity contribution >= 4 is 35.1 Å². The summed E-state index contributed by atoms with van der Waals surface area (Å²) in [5.41, 5.74) is -1.14. The molecule has 1 amide bonds. The zero-order valence-corrected chi connectivity index (χ0v) is 12.0. The van der Waals surface area contributed by atoms with Gasteiger partial charge in [-0.1, -0.05) is 23.2 Å². The average Bonchev–Trinajstić information content (AvgIpc) is 2.34. The Hall–Kier alpha value is -1.46. The largest absolute Gasteiger partial charge is 0.482 e. The molecule has 0 aliphatic heterocycles. The molecule has 2 rings (SSSR count). The molecule has 0 radical (unpaired) electrons. The van der Waals surface area contributed by atoms with Crippen molar-refractivity contribution in [1.29, 1.82) is 0 Å². The number of hydrogen-bond acceptors (Lipinski definition) is 3. The molecule has 1 aromatic carbocycles. The lowest BCUT2D eigenvalue weighted by atomic mass is 9.77. The number of halogens is 2. The number of hydrogen-bond donors (Lipinski definition) is 2. The van der Waals surface area contributed by atoms with E-state index in [-0.39, 0.29) is 12.4 Å². The van der Waals surface area contributed by atoms with Crippen molar-refractivity contribution in [3.63, 3.8) is 0 Å². The average molecular weight is 318 g/mol. The zero-order chi connectivity index (χ0) is 14.8. The van der Waals surface area contributed by atoms with Gasteiger partial charge in [-0.25, -0.2) is 4.79 Å². The number of amides is 1. The summed E-state index contributed by atoms with van der Waals surface area (Å²) in [6.45, 7) is -0.310. The Morgan fingerprint density at radius 2 is 2.05 bits per heavy atom. The fourth-order valence-corrected chi connectivity index (χ4v) is 2.29. The van der Waals surface area contributed by atoms with Gasteiger partial charge in [-0.05, 0) is 31.4 Å². The summed E-state index contributed by atoms with van der Waals surface area (Å²) < 4.78 is 5.25. The second kappa shape index (κ2) is 5.89. The van der Waals surface area contributed by atoms with Gasteiger partial charge in [-0.3, -0.25) is 4.79 Å². The lowest BCUT2D eigenvalue weighted by Gasteiger charge is -2.38. The Kier molecular flexibility index (Phi) is 4.40. The zero-order valence-electron chi connectivity index (χ0n) is 10.5. The summed E-state index contributed by atoms with van der Waals surface area (Å²) in [5.74, 6) is -1.23. The maximum atomic E-state index is 11.7. The highest BCUT2D eigenvalue weighted by Crippen LogP contribution is 2.32. The summed E-state index contributed by atoms with van der Waals surface area (Å²) in [4.78, 5) is 22.9. The fraction of sp³-hybridized carbons (Fsp3) is 0.385. The first-order chi connectivity index (χ1) is 9.43. The number of ether oxygens (including phenoxy) is 1. The summed E-state index contributed by atoms with van der Waals surface area (Å²) in [7, 11) is 0. The molecular weight excluding hydrogens is 305 g/mol. The first kappa shape index (κ1) is 14.9. The molecule has 7 heteroatoms. The number of rotatable bonds is 5. The molecule has 0 spiro atoms. The Balaban J connectivity index is 1.92. The van der Waals surface area contributed by atoms with Gasteiger partial charge in [0.05, 0.1) is 5.02 Å². The van der Waals surface area contributed by atoms with Crippen LogP contribution in [0, 0.1) is 0 Å². The van der Waals surface area contributed by atoms with Gasteiger partial charge in [0.15, 0.2) is 6.61 Å². The van der Waals surface area contributed by atoms with Crippen LogP contribution in [0.3, 0.4) is 0 Å². The third-order valence-corrected chi connectivity index (χ3v) is 3.79. The number of carbonyl (C=O) groups is 2. The molecule has 0 saturated heterocycles. The molecule has 0 unspecified atom stereocenters. The van der Waals surface area contributed by atoms with Gasteiger partial charge in [0.25, 0.3) is 5.91 Å². The second-order valence-corrected chi connectivity index (χ2v) is 5.50. The first-order valence-corrected chi connectivity index (χ1v) is 6.81. The topological polar surface area (TPSA) is 75.6 Å². The van der Waals surface area contributed by atoms with Crippen LogP contribution in [-0.2, 0) is 9.59 Å². The van der Waals surface area contributed by atoms with E-state index in [2.05, 4.69) is 5.32 Å². The molecule has 1 fully saturated rings. The summed E-state index contributed by atoms with van der Waals surface area (Å²) >= 11 is 11.7. The molecule has 2 N–H and O–H groups in total. The number of nitrogens with one attached hydrogen (secondary N) is 1. The van der Waals surface area contributed by atoms with Gasteiger partial charge in [0.1, 0.15) is 11.3 Å². The molecule has 5 nitrogen and oxygen atoms in total. The minimum Gasteiger partial charge on any atom is -0.482 e. The fourth-order valence-electron chi connectivity index (χ4n) is 1.96. The molecule has 1 aliphatic carbocycles. The molecule has 1 aromatic rings. The van der Waals surface area contributed by atoms with Crippen molar-refractivity contribution in [3.05, 3.63) is 28.2 Å². The van der Waals surface area contributed by atoms with Gasteiger partial charge in [-0.15, -0.1) is 0 Å². The first-order valence-electron chi connectivity index (χ1n) is 6.05.